The second-order valence-electron chi connectivity index (χ2n) is 4.72. The van der Waals surface area contributed by atoms with Gasteiger partial charge in [-0.15, -0.1) is 0 Å². The Morgan fingerprint density at radius 3 is 2.65 bits per heavy atom. The summed E-state index contributed by atoms with van der Waals surface area (Å²) in [5.74, 6) is -1.65. The highest BCUT2D eigenvalue weighted by Gasteiger charge is 2.21. The molecule has 106 valence electrons. The van der Waals surface area contributed by atoms with Crippen molar-refractivity contribution in [1.82, 2.24) is 5.32 Å². The molecule has 0 aliphatic carbocycles. The molecule has 1 aromatic carbocycles. The molecule has 1 aromatic rings. The van der Waals surface area contributed by atoms with Crippen LogP contribution in [0.4, 0.5) is 10.5 Å². The fourth-order valence-electron chi connectivity index (χ4n) is 1.65. The fourth-order valence-corrected chi connectivity index (χ4v) is 1.65. The maximum Gasteiger partial charge on any atom is 0.319 e. The van der Waals surface area contributed by atoms with Crippen LogP contribution >= 0.6 is 0 Å². The number of benzene rings is 1. The van der Waals surface area contributed by atoms with E-state index in [-0.39, 0.29) is 12.5 Å². The van der Waals surface area contributed by atoms with Crippen LogP contribution in [0.15, 0.2) is 24.3 Å². The molecule has 0 bridgehead atoms. The number of carboxylic acid groups (broad SMARTS) is 1. The number of nitriles is 1. The summed E-state index contributed by atoms with van der Waals surface area (Å²) in [4.78, 5) is 22.7. The number of carbonyl (C=O) groups is 2. The number of anilines is 1. The molecule has 0 saturated heterocycles. The first-order valence-electron chi connectivity index (χ1n) is 6.22. The zero-order chi connectivity index (χ0) is 15.1. The number of urea groups is 1. The van der Waals surface area contributed by atoms with E-state index < -0.39 is 17.9 Å². The van der Waals surface area contributed by atoms with E-state index in [2.05, 4.69) is 10.6 Å². The van der Waals surface area contributed by atoms with Gasteiger partial charge in [-0.1, -0.05) is 19.9 Å². The van der Waals surface area contributed by atoms with Gasteiger partial charge in [-0.05, 0) is 24.1 Å². The van der Waals surface area contributed by atoms with Crippen LogP contribution in [0.5, 0.6) is 0 Å². The lowest BCUT2D eigenvalue weighted by atomic mass is 9.96. The standard InChI is InChI=1S/C14H17N3O3/c1-9(2)12(13(18)19)8-16-14(20)17-11-5-3-4-10(6-11)7-15/h3-6,9,12H,8H2,1-2H3,(H,18,19)(H2,16,17,20). The zero-order valence-electron chi connectivity index (χ0n) is 11.4. The lowest BCUT2D eigenvalue weighted by Gasteiger charge is -2.17. The molecule has 0 aliphatic rings. The van der Waals surface area contributed by atoms with E-state index in [1.807, 2.05) is 6.07 Å². The highest BCUT2D eigenvalue weighted by molar-refractivity contribution is 5.89. The van der Waals surface area contributed by atoms with Gasteiger partial charge in [0.2, 0.25) is 0 Å². The first kappa shape index (κ1) is 15.5. The highest BCUT2D eigenvalue weighted by Crippen LogP contribution is 2.11. The van der Waals surface area contributed by atoms with Gasteiger partial charge in [0.05, 0.1) is 17.6 Å². The van der Waals surface area contributed by atoms with Crippen molar-refractivity contribution in [2.75, 3.05) is 11.9 Å². The molecule has 0 saturated carbocycles. The van der Waals surface area contributed by atoms with Crippen molar-refractivity contribution in [1.29, 1.82) is 5.26 Å². The van der Waals surface area contributed by atoms with Crippen molar-refractivity contribution < 1.29 is 14.7 Å². The summed E-state index contributed by atoms with van der Waals surface area (Å²) in [6.07, 6.45) is 0. The molecular weight excluding hydrogens is 258 g/mol. The average Bonchev–Trinajstić information content (AvgIpc) is 2.38. The van der Waals surface area contributed by atoms with Crippen LogP contribution in [-0.4, -0.2) is 23.7 Å². The molecule has 1 rings (SSSR count). The largest absolute Gasteiger partial charge is 0.481 e. The molecule has 1 atom stereocenters. The van der Waals surface area contributed by atoms with Crippen molar-refractivity contribution in [2.45, 2.75) is 13.8 Å². The Bertz CT molecular complexity index is 535. The van der Waals surface area contributed by atoms with Crippen molar-refractivity contribution in [3.63, 3.8) is 0 Å². The van der Waals surface area contributed by atoms with E-state index in [9.17, 15) is 9.59 Å². The Labute approximate surface area is 117 Å². The lowest BCUT2D eigenvalue weighted by Crippen LogP contribution is -2.37. The monoisotopic (exact) mass is 275 g/mol. The minimum atomic E-state index is -0.938. The predicted molar refractivity (Wildman–Crippen MR) is 74.1 cm³/mol. The predicted octanol–water partition coefficient (Wildman–Crippen LogP) is 2.04. The topological polar surface area (TPSA) is 102 Å². The van der Waals surface area contributed by atoms with Crippen LogP contribution in [-0.2, 0) is 4.79 Å². The number of hydrogen-bond donors (Lipinski definition) is 3. The summed E-state index contributed by atoms with van der Waals surface area (Å²) in [6.45, 7) is 3.63. The van der Waals surface area contributed by atoms with E-state index in [0.29, 0.717) is 11.3 Å². The Morgan fingerprint density at radius 1 is 1.40 bits per heavy atom. The van der Waals surface area contributed by atoms with E-state index in [4.69, 9.17) is 10.4 Å². The third-order valence-corrected chi connectivity index (χ3v) is 2.85. The van der Waals surface area contributed by atoms with Crippen molar-refractivity contribution >= 4 is 17.7 Å². The summed E-state index contributed by atoms with van der Waals surface area (Å²) in [5.41, 5.74) is 0.923. The fraction of sp³-hybridized carbons (Fsp3) is 0.357. The number of carbonyl (C=O) groups excluding carboxylic acids is 1. The molecule has 0 aromatic heterocycles. The highest BCUT2D eigenvalue weighted by atomic mass is 16.4. The lowest BCUT2D eigenvalue weighted by molar-refractivity contribution is -0.142. The molecule has 20 heavy (non-hydrogen) atoms. The Kier molecular flexibility index (Phi) is 5.54. The van der Waals surface area contributed by atoms with Gasteiger partial charge in [0.1, 0.15) is 0 Å². The molecule has 3 N–H and O–H groups in total. The smallest absolute Gasteiger partial charge is 0.319 e. The SMILES string of the molecule is CC(C)C(CNC(=O)Nc1cccc(C#N)c1)C(=O)O. The molecule has 0 radical (unpaired) electrons. The van der Waals surface area contributed by atoms with Crippen molar-refractivity contribution in [3.05, 3.63) is 29.8 Å². The van der Waals surface area contributed by atoms with Gasteiger partial charge in [0, 0.05) is 12.2 Å². The maximum absolute atomic E-state index is 11.7. The molecular formula is C14H17N3O3. The van der Waals surface area contributed by atoms with Crippen LogP contribution in [0.2, 0.25) is 0 Å². The molecule has 6 nitrogen and oxygen atoms in total. The maximum atomic E-state index is 11.7. The van der Waals surface area contributed by atoms with Gasteiger partial charge in [-0.2, -0.15) is 5.26 Å². The van der Waals surface area contributed by atoms with Crippen LogP contribution in [0.25, 0.3) is 0 Å². The van der Waals surface area contributed by atoms with E-state index >= 15 is 0 Å². The molecule has 1 unspecified atom stereocenters. The van der Waals surface area contributed by atoms with Gasteiger partial charge >= 0.3 is 12.0 Å². The van der Waals surface area contributed by atoms with E-state index in [1.165, 1.54) is 6.07 Å². The van der Waals surface area contributed by atoms with Crippen molar-refractivity contribution in [3.8, 4) is 6.07 Å². The molecule has 0 fully saturated rings. The first-order valence-corrected chi connectivity index (χ1v) is 6.22. The zero-order valence-corrected chi connectivity index (χ0v) is 11.4. The summed E-state index contributed by atoms with van der Waals surface area (Å²) in [6, 6.07) is 7.95. The third kappa shape index (κ3) is 4.61. The number of aliphatic carboxylic acids is 1. The van der Waals surface area contributed by atoms with E-state index in [1.54, 1.807) is 32.0 Å². The molecule has 6 heteroatoms. The second kappa shape index (κ2) is 7.14. The summed E-state index contributed by atoms with van der Waals surface area (Å²) < 4.78 is 0. The summed E-state index contributed by atoms with van der Waals surface area (Å²) in [5, 5.41) is 22.8. The number of hydrogen-bond acceptors (Lipinski definition) is 3. The minimum Gasteiger partial charge on any atom is -0.481 e. The minimum absolute atomic E-state index is 0.0524. The molecule has 0 heterocycles. The summed E-state index contributed by atoms with van der Waals surface area (Å²) in [7, 11) is 0. The van der Waals surface area contributed by atoms with Gasteiger partial charge in [-0.25, -0.2) is 4.79 Å². The normalized spacial score (nSPS) is 11.5. The Hall–Kier alpha value is -2.55. The number of nitrogens with zero attached hydrogens (tertiary/aromatic N) is 1. The van der Waals surface area contributed by atoms with Gasteiger partial charge in [-0.3, -0.25) is 4.79 Å². The van der Waals surface area contributed by atoms with Gasteiger partial charge < -0.3 is 15.7 Å². The summed E-state index contributed by atoms with van der Waals surface area (Å²) >= 11 is 0. The molecule has 2 amide bonds. The number of rotatable bonds is 5. The Balaban J connectivity index is 2.55. The van der Waals surface area contributed by atoms with Crippen LogP contribution in [0, 0.1) is 23.2 Å². The third-order valence-electron chi connectivity index (χ3n) is 2.85. The van der Waals surface area contributed by atoms with E-state index in [0.717, 1.165) is 0 Å². The van der Waals surface area contributed by atoms with Crippen LogP contribution in [0.1, 0.15) is 19.4 Å². The van der Waals surface area contributed by atoms with Crippen molar-refractivity contribution in [2.24, 2.45) is 11.8 Å². The van der Waals surface area contributed by atoms with Crippen LogP contribution in [0.3, 0.4) is 0 Å². The molecule has 0 spiro atoms. The second-order valence-corrected chi connectivity index (χ2v) is 4.72. The van der Waals surface area contributed by atoms with Crippen LogP contribution < -0.4 is 10.6 Å². The first-order chi connectivity index (χ1) is 9.43. The average molecular weight is 275 g/mol. The number of carboxylic acids is 1. The molecule has 0 aliphatic heterocycles. The number of nitrogens with one attached hydrogen (secondary N) is 2. The van der Waals surface area contributed by atoms with Gasteiger partial charge in [0.25, 0.3) is 0 Å². The van der Waals surface area contributed by atoms with Gasteiger partial charge in [0.15, 0.2) is 0 Å². The quantitative estimate of drug-likeness (QED) is 0.765. The Morgan fingerprint density at radius 2 is 2.10 bits per heavy atom. The number of amides is 2.